The topological polar surface area (TPSA) is 84.3 Å². The molecule has 2 rings (SSSR count). The number of nitrogens with one attached hydrogen (secondary N) is 1. The molecular weight excluding hydrogens is 368 g/mol. The highest BCUT2D eigenvalue weighted by Gasteiger charge is 2.18. The number of pyridine rings is 2. The number of aryl methyl sites for hydroxylation is 1. The lowest BCUT2D eigenvalue weighted by Crippen LogP contribution is -2.34. The number of rotatable bonds is 7. The molecule has 7 nitrogen and oxygen atoms in total. The van der Waals surface area contributed by atoms with Gasteiger partial charge in [0.1, 0.15) is 10.8 Å². The predicted octanol–water partition coefficient (Wildman–Crippen LogP) is 2.95. The Bertz CT molecular complexity index is 872. The van der Waals surface area contributed by atoms with Gasteiger partial charge in [0, 0.05) is 32.5 Å². The lowest BCUT2D eigenvalue weighted by atomic mass is 10.2. The van der Waals surface area contributed by atoms with Crippen LogP contribution >= 0.6 is 11.6 Å². The van der Waals surface area contributed by atoms with Crippen LogP contribution < -0.4 is 10.9 Å². The number of hydrogen-bond acceptors (Lipinski definition) is 4. The molecule has 2 amide bonds. The first kappa shape index (κ1) is 20.6. The van der Waals surface area contributed by atoms with Gasteiger partial charge in [0.15, 0.2) is 0 Å². The summed E-state index contributed by atoms with van der Waals surface area (Å²) in [5.41, 5.74) is 0.246. The van der Waals surface area contributed by atoms with E-state index in [1.54, 1.807) is 11.9 Å². The van der Waals surface area contributed by atoms with Crippen LogP contribution in [0.15, 0.2) is 35.4 Å². The number of nitrogens with zero attached hydrogens (tertiary/aromatic N) is 3. The molecule has 0 bridgehead atoms. The Morgan fingerprint density at radius 3 is 2.41 bits per heavy atom. The van der Waals surface area contributed by atoms with E-state index in [-0.39, 0.29) is 22.3 Å². The van der Waals surface area contributed by atoms with Gasteiger partial charge in [-0.3, -0.25) is 14.4 Å². The van der Waals surface area contributed by atoms with E-state index in [0.29, 0.717) is 18.7 Å². The molecule has 27 heavy (non-hydrogen) atoms. The van der Waals surface area contributed by atoms with Crippen LogP contribution in [0.3, 0.4) is 0 Å². The van der Waals surface area contributed by atoms with E-state index in [4.69, 9.17) is 11.6 Å². The fraction of sp³-hybridized carbons (Fsp3) is 0.368. The average molecular weight is 391 g/mol. The molecule has 0 fully saturated rings. The van der Waals surface area contributed by atoms with Crippen molar-refractivity contribution in [1.29, 1.82) is 0 Å². The van der Waals surface area contributed by atoms with Crippen molar-refractivity contribution in [3.8, 4) is 0 Å². The van der Waals surface area contributed by atoms with Crippen molar-refractivity contribution in [2.24, 2.45) is 7.05 Å². The number of aromatic nitrogens is 2. The molecule has 2 aromatic rings. The Hall–Kier alpha value is -2.67. The van der Waals surface area contributed by atoms with Crippen LogP contribution in [0.5, 0.6) is 0 Å². The third-order valence-corrected chi connectivity index (χ3v) is 4.17. The molecule has 0 saturated heterocycles. The Labute approximate surface area is 163 Å². The maximum atomic E-state index is 12.8. The summed E-state index contributed by atoms with van der Waals surface area (Å²) in [6.45, 7) is 5.27. The van der Waals surface area contributed by atoms with E-state index in [1.807, 2.05) is 13.8 Å². The molecule has 2 heterocycles. The number of carbonyl (C=O) groups excluding carboxylic acids is 2. The third kappa shape index (κ3) is 5.17. The lowest BCUT2D eigenvalue weighted by molar-refractivity contribution is 0.0754. The zero-order chi connectivity index (χ0) is 20.0. The Balaban J connectivity index is 2.32. The second-order valence-electron chi connectivity index (χ2n) is 6.17. The minimum absolute atomic E-state index is 0.0382. The van der Waals surface area contributed by atoms with Crippen molar-refractivity contribution < 1.29 is 9.59 Å². The molecule has 1 N–H and O–H groups in total. The number of hydrogen-bond donors (Lipinski definition) is 1. The van der Waals surface area contributed by atoms with Gasteiger partial charge in [-0.1, -0.05) is 25.4 Å². The first-order valence-corrected chi connectivity index (χ1v) is 9.18. The summed E-state index contributed by atoms with van der Waals surface area (Å²) in [6, 6.07) is 4.42. The van der Waals surface area contributed by atoms with Crippen LogP contribution in [0.1, 0.15) is 47.4 Å². The fourth-order valence-electron chi connectivity index (χ4n) is 2.66. The fourth-order valence-corrected chi connectivity index (χ4v) is 2.77. The molecule has 0 aliphatic carbocycles. The maximum absolute atomic E-state index is 12.8. The molecule has 0 atom stereocenters. The zero-order valence-electron chi connectivity index (χ0n) is 15.7. The van der Waals surface area contributed by atoms with Gasteiger partial charge in [-0.2, -0.15) is 0 Å². The summed E-state index contributed by atoms with van der Waals surface area (Å²) in [5, 5.41) is 2.82. The first-order chi connectivity index (χ1) is 12.9. The standard InChI is InChI=1S/C19H23ClN4O3/c1-4-8-24(9-5-2)18(26)14-10-15(19(27)23(3)12-14)22-17(25)13-6-7-16(20)21-11-13/h6-7,10-12H,4-5,8-9H2,1-3H3,(H,22,25). The second-order valence-corrected chi connectivity index (χ2v) is 6.56. The van der Waals surface area contributed by atoms with E-state index in [0.717, 1.165) is 12.8 Å². The molecule has 0 saturated carbocycles. The molecule has 0 spiro atoms. The highest BCUT2D eigenvalue weighted by atomic mass is 35.5. The maximum Gasteiger partial charge on any atom is 0.274 e. The molecule has 0 radical (unpaired) electrons. The van der Waals surface area contributed by atoms with Gasteiger partial charge >= 0.3 is 0 Å². The van der Waals surface area contributed by atoms with Crippen LogP contribution in [0.25, 0.3) is 0 Å². The molecule has 144 valence electrons. The second kappa shape index (κ2) is 9.32. The Morgan fingerprint density at radius 2 is 1.85 bits per heavy atom. The number of amides is 2. The van der Waals surface area contributed by atoms with Crippen molar-refractivity contribution >= 4 is 29.1 Å². The van der Waals surface area contributed by atoms with Gasteiger partial charge in [0.05, 0.1) is 11.1 Å². The van der Waals surface area contributed by atoms with Gasteiger partial charge < -0.3 is 14.8 Å². The Morgan fingerprint density at radius 1 is 1.19 bits per heavy atom. The molecule has 0 aromatic carbocycles. The molecule has 0 unspecified atom stereocenters. The number of halogens is 1. The summed E-state index contributed by atoms with van der Waals surface area (Å²) in [5.74, 6) is -0.669. The molecule has 2 aromatic heterocycles. The van der Waals surface area contributed by atoms with Crippen molar-refractivity contribution in [3.05, 3.63) is 57.2 Å². The first-order valence-electron chi connectivity index (χ1n) is 8.80. The SMILES string of the molecule is CCCN(CCC)C(=O)c1cc(NC(=O)c2ccc(Cl)nc2)c(=O)n(C)c1. The van der Waals surface area contributed by atoms with Gasteiger partial charge in [-0.25, -0.2) is 4.98 Å². The zero-order valence-corrected chi connectivity index (χ0v) is 16.4. The summed E-state index contributed by atoms with van der Waals surface area (Å²) in [7, 11) is 1.54. The van der Waals surface area contributed by atoms with Crippen LogP contribution in [0, 0.1) is 0 Å². The van der Waals surface area contributed by atoms with E-state index < -0.39 is 11.5 Å². The lowest BCUT2D eigenvalue weighted by Gasteiger charge is -2.22. The largest absolute Gasteiger partial charge is 0.339 e. The highest BCUT2D eigenvalue weighted by Crippen LogP contribution is 2.12. The third-order valence-electron chi connectivity index (χ3n) is 3.94. The van der Waals surface area contributed by atoms with Crippen LogP contribution in [0.2, 0.25) is 5.15 Å². The molecular formula is C19H23ClN4O3. The summed E-state index contributed by atoms with van der Waals surface area (Å²) >= 11 is 5.72. The van der Waals surface area contributed by atoms with Gasteiger partial charge in [-0.05, 0) is 31.0 Å². The van der Waals surface area contributed by atoms with E-state index in [2.05, 4.69) is 10.3 Å². The van der Waals surface area contributed by atoms with E-state index in [1.165, 1.54) is 35.2 Å². The normalized spacial score (nSPS) is 10.5. The van der Waals surface area contributed by atoms with Crippen LogP contribution in [-0.4, -0.2) is 39.4 Å². The van der Waals surface area contributed by atoms with Crippen molar-refractivity contribution in [3.63, 3.8) is 0 Å². The number of anilines is 1. The van der Waals surface area contributed by atoms with E-state index in [9.17, 15) is 14.4 Å². The monoisotopic (exact) mass is 390 g/mol. The molecule has 0 aliphatic rings. The number of carbonyl (C=O) groups is 2. The molecule has 8 heteroatoms. The minimum atomic E-state index is -0.500. The summed E-state index contributed by atoms with van der Waals surface area (Å²) in [4.78, 5) is 43.1. The minimum Gasteiger partial charge on any atom is -0.339 e. The highest BCUT2D eigenvalue weighted by molar-refractivity contribution is 6.29. The quantitative estimate of drug-likeness (QED) is 0.736. The van der Waals surface area contributed by atoms with Gasteiger partial charge in [0.25, 0.3) is 17.4 Å². The van der Waals surface area contributed by atoms with Crippen molar-refractivity contribution in [2.45, 2.75) is 26.7 Å². The van der Waals surface area contributed by atoms with E-state index >= 15 is 0 Å². The van der Waals surface area contributed by atoms with Crippen LogP contribution in [0.4, 0.5) is 5.69 Å². The average Bonchev–Trinajstić information content (AvgIpc) is 2.65. The molecule has 0 aliphatic heterocycles. The van der Waals surface area contributed by atoms with Crippen molar-refractivity contribution in [1.82, 2.24) is 14.5 Å². The smallest absolute Gasteiger partial charge is 0.274 e. The summed E-state index contributed by atoms with van der Waals surface area (Å²) in [6.07, 6.45) is 4.49. The van der Waals surface area contributed by atoms with Gasteiger partial charge in [-0.15, -0.1) is 0 Å². The van der Waals surface area contributed by atoms with Crippen molar-refractivity contribution in [2.75, 3.05) is 18.4 Å². The predicted molar refractivity (Wildman–Crippen MR) is 105 cm³/mol. The van der Waals surface area contributed by atoms with Gasteiger partial charge in [0.2, 0.25) is 0 Å². The summed E-state index contributed by atoms with van der Waals surface area (Å²) < 4.78 is 1.29. The van der Waals surface area contributed by atoms with Crippen LogP contribution in [-0.2, 0) is 7.05 Å². The Kier molecular flexibility index (Phi) is 7.12.